The van der Waals surface area contributed by atoms with Crippen LogP contribution in [0.25, 0.3) is 11.4 Å². The Labute approximate surface area is 139 Å². The fraction of sp³-hybridized carbons (Fsp3) is 0.250. The van der Waals surface area contributed by atoms with E-state index in [1.807, 2.05) is 44.7 Å². The number of hydrogen-bond donors (Lipinski definition) is 0. The van der Waals surface area contributed by atoms with Crippen LogP contribution in [0.5, 0.6) is 0 Å². The minimum absolute atomic E-state index is 0.551. The molecule has 0 aliphatic heterocycles. The summed E-state index contributed by atoms with van der Waals surface area (Å²) in [7, 11) is 1.92. The molecule has 114 valence electrons. The number of halogens is 2. The second-order valence-electron chi connectivity index (χ2n) is 5.27. The molecule has 0 spiro atoms. The van der Waals surface area contributed by atoms with Crippen molar-refractivity contribution in [1.29, 1.82) is 0 Å². The molecule has 0 radical (unpaired) electrons. The number of benzene rings is 1. The fourth-order valence-electron chi connectivity index (χ4n) is 2.40. The Hall–Kier alpha value is -1.78. The molecule has 3 aromatic rings. The summed E-state index contributed by atoms with van der Waals surface area (Å²) in [6, 6.07) is 3.93. The molecule has 0 amide bonds. The van der Waals surface area contributed by atoms with Crippen LogP contribution in [0.2, 0.25) is 10.0 Å². The van der Waals surface area contributed by atoms with Crippen LogP contribution >= 0.6 is 23.2 Å². The van der Waals surface area contributed by atoms with Gasteiger partial charge in [-0.15, -0.1) is 0 Å². The van der Waals surface area contributed by atoms with E-state index in [4.69, 9.17) is 23.2 Å². The van der Waals surface area contributed by atoms with E-state index in [-0.39, 0.29) is 0 Å². The lowest BCUT2D eigenvalue weighted by atomic mass is 10.1. The third-order valence-electron chi connectivity index (χ3n) is 3.63. The first-order valence-corrected chi connectivity index (χ1v) is 7.75. The molecule has 4 nitrogen and oxygen atoms in total. The second kappa shape index (κ2) is 6.15. The summed E-state index contributed by atoms with van der Waals surface area (Å²) in [5.74, 6) is 0.829. The van der Waals surface area contributed by atoms with Gasteiger partial charge in [-0.1, -0.05) is 29.3 Å². The lowest BCUT2D eigenvalue weighted by molar-refractivity contribution is 0.701. The van der Waals surface area contributed by atoms with E-state index in [0.717, 1.165) is 29.9 Å². The maximum atomic E-state index is 6.38. The molecule has 0 fully saturated rings. The van der Waals surface area contributed by atoms with Crippen LogP contribution in [-0.4, -0.2) is 19.3 Å². The van der Waals surface area contributed by atoms with Crippen molar-refractivity contribution in [2.75, 3.05) is 0 Å². The van der Waals surface area contributed by atoms with Gasteiger partial charge >= 0.3 is 0 Å². The zero-order valence-corrected chi connectivity index (χ0v) is 13.9. The predicted molar refractivity (Wildman–Crippen MR) is 89.3 cm³/mol. The van der Waals surface area contributed by atoms with Gasteiger partial charge in [-0.2, -0.15) is 5.10 Å². The monoisotopic (exact) mass is 334 g/mol. The van der Waals surface area contributed by atoms with Gasteiger partial charge in [0, 0.05) is 37.7 Å². The lowest BCUT2D eigenvalue weighted by Gasteiger charge is -2.10. The highest BCUT2D eigenvalue weighted by atomic mass is 35.5. The van der Waals surface area contributed by atoms with Gasteiger partial charge in [-0.25, -0.2) is 4.98 Å². The molecule has 0 aliphatic carbocycles. The summed E-state index contributed by atoms with van der Waals surface area (Å²) in [6.45, 7) is 2.75. The first kappa shape index (κ1) is 15.1. The number of nitrogens with zero attached hydrogens (tertiary/aromatic N) is 4. The molecule has 0 atom stereocenters. The highest BCUT2D eigenvalue weighted by Crippen LogP contribution is 2.34. The van der Waals surface area contributed by atoms with Crippen LogP contribution in [0.1, 0.15) is 11.1 Å². The normalized spacial score (nSPS) is 11.1. The first-order chi connectivity index (χ1) is 10.6. The molecule has 22 heavy (non-hydrogen) atoms. The number of aryl methyl sites for hydroxylation is 4. The Bertz CT molecular complexity index is 804. The van der Waals surface area contributed by atoms with Crippen LogP contribution in [0.3, 0.4) is 0 Å². The molecule has 2 heterocycles. The average molecular weight is 335 g/mol. The number of aromatic nitrogens is 4. The third-order valence-corrected chi connectivity index (χ3v) is 4.61. The van der Waals surface area contributed by atoms with Crippen LogP contribution in [-0.2, 0) is 20.0 Å². The Balaban J connectivity index is 1.87. The topological polar surface area (TPSA) is 35.6 Å². The van der Waals surface area contributed by atoms with Crippen molar-refractivity contribution in [2.45, 2.75) is 19.9 Å². The van der Waals surface area contributed by atoms with Crippen molar-refractivity contribution in [2.24, 2.45) is 7.05 Å². The summed E-state index contributed by atoms with van der Waals surface area (Å²) >= 11 is 12.6. The predicted octanol–water partition coefficient (Wildman–Crippen LogP) is 4.14. The minimum Gasteiger partial charge on any atom is -0.331 e. The van der Waals surface area contributed by atoms with Crippen molar-refractivity contribution in [3.05, 3.63) is 58.1 Å². The summed E-state index contributed by atoms with van der Waals surface area (Å²) in [4.78, 5) is 4.43. The van der Waals surface area contributed by atoms with E-state index < -0.39 is 0 Å². The maximum Gasteiger partial charge on any atom is 0.141 e. The molecule has 1 aromatic carbocycles. The third kappa shape index (κ3) is 2.89. The van der Waals surface area contributed by atoms with Gasteiger partial charge in [0.05, 0.1) is 16.2 Å². The van der Waals surface area contributed by atoms with Gasteiger partial charge in [0.15, 0.2) is 0 Å². The SMILES string of the molecule is Cc1ccc(-c2nccn2CCc2cnn(C)c2)c(Cl)c1Cl. The number of hydrogen-bond acceptors (Lipinski definition) is 2. The van der Waals surface area contributed by atoms with Crippen molar-refractivity contribution < 1.29 is 0 Å². The lowest BCUT2D eigenvalue weighted by Crippen LogP contribution is -2.03. The molecule has 0 aliphatic rings. The highest BCUT2D eigenvalue weighted by molar-refractivity contribution is 6.44. The van der Waals surface area contributed by atoms with E-state index >= 15 is 0 Å². The molecule has 2 aromatic heterocycles. The molecule has 0 saturated carbocycles. The van der Waals surface area contributed by atoms with Crippen LogP contribution < -0.4 is 0 Å². The Kier molecular flexibility index (Phi) is 4.23. The minimum atomic E-state index is 0.551. The first-order valence-electron chi connectivity index (χ1n) is 7.00. The standard InChI is InChI=1S/C16H16Cl2N4/c1-11-3-4-13(15(18)14(11)17)16-19-6-8-22(16)7-5-12-9-20-21(2)10-12/h3-4,6,8-10H,5,7H2,1-2H3. The van der Waals surface area contributed by atoms with E-state index in [0.29, 0.717) is 10.0 Å². The average Bonchev–Trinajstić information content (AvgIpc) is 3.12. The Morgan fingerprint density at radius 1 is 1.18 bits per heavy atom. The van der Waals surface area contributed by atoms with Crippen molar-refractivity contribution in [1.82, 2.24) is 19.3 Å². The van der Waals surface area contributed by atoms with E-state index in [9.17, 15) is 0 Å². The van der Waals surface area contributed by atoms with Crippen molar-refractivity contribution >= 4 is 23.2 Å². The van der Waals surface area contributed by atoms with Crippen LogP contribution in [0, 0.1) is 6.92 Å². The second-order valence-corrected chi connectivity index (χ2v) is 6.03. The number of imidazole rings is 1. The molecule has 0 bridgehead atoms. The van der Waals surface area contributed by atoms with Gasteiger partial charge in [-0.3, -0.25) is 4.68 Å². The molecular formula is C16H16Cl2N4. The molecule has 6 heteroatoms. The summed E-state index contributed by atoms with van der Waals surface area (Å²) in [5, 5.41) is 5.32. The quantitative estimate of drug-likeness (QED) is 0.718. The van der Waals surface area contributed by atoms with E-state index in [1.54, 1.807) is 10.9 Å². The zero-order chi connectivity index (χ0) is 15.7. The molecule has 0 unspecified atom stereocenters. The van der Waals surface area contributed by atoms with Gasteiger partial charge in [-0.05, 0) is 30.5 Å². The smallest absolute Gasteiger partial charge is 0.141 e. The highest BCUT2D eigenvalue weighted by Gasteiger charge is 2.14. The molecule has 0 saturated heterocycles. The van der Waals surface area contributed by atoms with E-state index in [1.165, 1.54) is 5.56 Å². The Morgan fingerprint density at radius 2 is 2.00 bits per heavy atom. The summed E-state index contributed by atoms with van der Waals surface area (Å²) in [6.07, 6.45) is 8.52. The number of rotatable bonds is 4. The van der Waals surface area contributed by atoms with Gasteiger partial charge in [0.1, 0.15) is 5.82 Å². The van der Waals surface area contributed by atoms with E-state index in [2.05, 4.69) is 14.6 Å². The summed E-state index contributed by atoms with van der Waals surface area (Å²) in [5.41, 5.74) is 3.01. The largest absolute Gasteiger partial charge is 0.331 e. The summed E-state index contributed by atoms with van der Waals surface area (Å²) < 4.78 is 3.89. The van der Waals surface area contributed by atoms with Gasteiger partial charge in [0.25, 0.3) is 0 Å². The zero-order valence-electron chi connectivity index (χ0n) is 12.4. The molecule has 3 rings (SSSR count). The fourth-order valence-corrected chi connectivity index (χ4v) is 2.86. The van der Waals surface area contributed by atoms with Crippen molar-refractivity contribution in [3.8, 4) is 11.4 Å². The van der Waals surface area contributed by atoms with Gasteiger partial charge < -0.3 is 4.57 Å². The van der Waals surface area contributed by atoms with Crippen LogP contribution in [0.15, 0.2) is 36.9 Å². The maximum absolute atomic E-state index is 6.38. The van der Waals surface area contributed by atoms with Crippen LogP contribution in [0.4, 0.5) is 0 Å². The van der Waals surface area contributed by atoms with Crippen molar-refractivity contribution in [3.63, 3.8) is 0 Å². The van der Waals surface area contributed by atoms with Gasteiger partial charge in [0.2, 0.25) is 0 Å². The molecular weight excluding hydrogens is 319 g/mol. The molecule has 0 N–H and O–H groups in total. The Morgan fingerprint density at radius 3 is 2.73 bits per heavy atom.